The van der Waals surface area contributed by atoms with Crippen molar-refractivity contribution in [3.8, 4) is 0 Å². The summed E-state index contributed by atoms with van der Waals surface area (Å²) in [7, 11) is -3.84. The van der Waals surface area contributed by atoms with Crippen molar-refractivity contribution < 1.29 is 18.0 Å². The van der Waals surface area contributed by atoms with E-state index in [9.17, 15) is 18.0 Å². The van der Waals surface area contributed by atoms with Crippen molar-refractivity contribution in [1.82, 2.24) is 24.7 Å². The van der Waals surface area contributed by atoms with Gasteiger partial charge in [-0.1, -0.05) is 13.0 Å². The summed E-state index contributed by atoms with van der Waals surface area (Å²) in [5.41, 5.74) is 2.28. The number of rotatable bonds is 7. The Labute approximate surface area is 176 Å². The molecule has 0 radical (unpaired) electrons. The third-order valence-electron chi connectivity index (χ3n) is 4.94. The fraction of sp³-hybridized carbons (Fsp3) is 0.450. The molecule has 1 unspecified atom stereocenters. The SMILES string of the molecule is Cc1cc(C)n(CC(C)CNC(=O)c2cccc(S(=O)(=O)N3CCNC(=O)C3)c2)n1. The second-order valence-electron chi connectivity index (χ2n) is 7.64. The van der Waals surface area contributed by atoms with Gasteiger partial charge in [0.1, 0.15) is 0 Å². The van der Waals surface area contributed by atoms with Crippen LogP contribution in [0.15, 0.2) is 35.2 Å². The summed E-state index contributed by atoms with van der Waals surface area (Å²) < 4.78 is 28.7. The Morgan fingerprint density at radius 3 is 2.73 bits per heavy atom. The number of amides is 2. The molecule has 2 amide bonds. The predicted octanol–water partition coefficient (Wildman–Crippen LogP) is 0.687. The second kappa shape index (κ2) is 8.97. The number of hydrogen-bond donors (Lipinski definition) is 2. The average molecular weight is 434 g/mol. The van der Waals surface area contributed by atoms with Gasteiger partial charge in [-0.05, 0) is 44.0 Å². The Morgan fingerprint density at radius 1 is 1.30 bits per heavy atom. The van der Waals surface area contributed by atoms with Crippen LogP contribution in [0.1, 0.15) is 28.7 Å². The van der Waals surface area contributed by atoms with E-state index in [2.05, 4.69) is 15.7 Å². The number of hydrogen-bond acceptors (Lipinski definition) is 5. The highest BCUT2D eigenvalue weighted by Gasteiger charge is 2.29. The molecule has 1 fully saturated rings. The fourth-order valence-corrected chi connectivity index (χ4v) is 4.80. The quantitative estimate of drug-likeness (QED) is 0.667. The van der Waals surface area contributed by atoms with E-state index in [1.807, 2.05) is 31.5 Å². The molecule has 1 aromatic carbocycles. The van der Waals surface area contributed by atoms with Gasteiger partial charge in [-0.2, -0.15) is 9.40 Å². The molecule has 1 aliphatic rings. The normalized spacial score (nSPS) is 16.2. The van der Waals surface area contributed by atoms with Crippen molar-refractivity contribution in [3.05, 3.63) is 47.3 Å². The maximum absolute atomic E-state index is 12.8. The van der Waals surface area contributed by atoms with Crippen LogP contribution in [0.3, 0.4) is 0 Å². The van der Waals surface area contributed by atoms with Gasteiger partial charge in [0.05, 0.1) is 17.1 Å². The minimum atomic E-state index is -3.84. The highest BCUT2D eigenvalue weighted by atomic mass is 32.2. The lowest BCUT2D eigenvalue weighted by Crippen LogP contribution is -2.49. The van der Waals surface area contributed by atoms with Gasteiger partial charge < -0.3 is 10.6 Å². The van der Waals surface area contributed by atoms with Gasteiger partial charge >= 0.3 is 0 Å². The van der Waals surface area contributed by atoms with Crippen LogP contribution in [0.25, 0.3) is 0 Å². The summed E-state index contributed by atoms with van der Waals surface area (Å²) in [5.74, 6) is -0.537. The van der Waals surface area contributed by atoms with Gasteiger partial charge in [0, 0.05) is 37.4 Å². The van der Waals surface area contributed by atoms with Crippen molar-refractivity contribution in [2.45, 2.75) is 32.2 Å². The molecule has 0 saturated carbocycles. The molecule has 2 heterocycles. The molecule has 0 bridgehead atoms. The van der Waals surface area contributed by atoms with Crippen LogP contribution in [-0.2, 0) is 21.4 Å². The third kappa shape index (κ3) is 5.06. The number of piperazine rings is 1. The number of aromatic nitrogens is 2. The van der Waals surface area contributed by atoms with Crippen molar-refractivity contribution in [2.75, 3.05) is 26.2 Å². The molecule has 9 nitrogen and oxygen atoms in total. The number of benzene rings is 1. The molecule has 0 spiro atoms. The minimum absolute atomic E-state index is 0.000500. The number of nitrogens with zero attached hydrogens (tertiary/aromatic N) is 3. The lowest BCUT2D eigenvalue weighted by Gasteiger charge is -2.26. The first-order chi connectivity index (χ1) is 14.2. The predicted molar refractivity (Wildman–Crippen MR) is 111 cm³/mol. The molecule has 2 N–H and O–H groups in total. The van der Waals surface area contributed by atoms with Crippen LogP contribution in [0, 0.1) is 19.8 Å². The molecule has 162 valence electrons. The number of carbonyl (C=O) groups excluding carboxylic acids is 2. The molecule has 3 rings (SSSR count). The summed E-state index contributed by atoms with van der Waals surface area (Å²) in [5, 5.41) is 9.89. The first kappa shape index (κ1) is 22.0. The van der Waals surface area contributed by atoms with Gasteiger partial charge in [0.15, 0.2) is 0 Å². The Hall–Kier alpha value is -2.72. The summed E-state index contributed by atoms with van der Waals surface area (Å²) in [6, 6.07) is 7.89. The Morgan fingerprint density at radius 2 is 2.07 bits per heavy atom. The highest BCUT2D eigenvalue weighted by molar-refractivity contribution is 7.89. The van der Waals surface area contributed by atoms with E-state index >= 15 is 0 Å². The van der Waals surface area contributed by atoms with E-state index in [-0.39, 0.29) is 47.8 Å². The Balaban J connectivity index is 1.64. The summed E-state index contributed by atoms with van der Waals surface area (Å²) in [6.45, 7) is 7.30. The van der Waals surface area contributed by atoms with Crippen molar-refractivity contribution >= 4 is 21.8 Å². The first-order valence-electron chi connectivity index (χ1n) is 9.83. The molecule has 2 aromatic rings. The van der Waals surface area contributed by atoms with Gasteiger partial charge in [-0.15, -0.1) is 0 Å². The molecule has 0 aliphatic carbocycles. The number of carbonyl (C=O) groups is 2. The Bertz CT molecular complexity index is 1050. The van der Waals surface area contributed by atoms with Crippen LogP contribution < -0.4 is 10.6 Å². The summed E-state index contributed by atoms with van der Waals surface area (Å²) in [4.78, 5) is 24.1. The third-order valence-corrected chi connectivity index (χ3v) is 6.78. The fourth-order valence-electron chi connectivity index (χ4n) is 3.36. The standard InChI is InChI=1S/C20H27N5O4S/c1-14(12-25-16(3)9-15(2)23-25)11-22-20(27)17-5-4-6-18(10-17)30(28,29)24-8-7-21-19(26)13-24/h4-6,9-10,14H,7-8,11-13H2,1-3H3,(H,21,26)(H,22,27). The highest BCUT2D eigenvalue weighted by Crippen LogP contribution is 2.18. The average Bonchev–Trinajstić information content (AvgIpc) is 3.02. The van der Waals surface area contributed by atoms with E-state index in [4.69, 9.17) is 0 Å². The van der Waals surface area contributed by atoms with Crippen LogP contribution >= 0.6 is 0 Å². The van der Waals surface area contributed by atoms with Gasteiger partial charge in [-0.25, -0.2) is 8.42 Å². The van der Waals surface area contributed by atoms with Crippen LogP contribution in [0.5, 0.6) is 0 Å². The molecular weight excluding hydrogens is 406 g/mol. The lowest BCUT2D eigenvalue weighted by molar-refractivity contribution is -0.122. The molecule has 10 heteroatoms. The number of nitrogens with one attached hydrogen (secondary N) is 2. The topological polar surface area (TPSA) is 113 Å². The zero-order valence-electron chi connectivity index (χ0n) is 17.4. The maximum Gasteiger partial charge on any atom is 0.251 e. The van der Waals surface area contributed by atoms with Crippen molar-refractivity contribution in [1.29, 1.82) is 0 Å². The van der Waals surface area contributed by atoms with Crippen molar-refractivity contribution in [2.24, 2.45) is 5.92 Å². The number of sulfonamides is 1. The van der Waals surface area contributed by atoms with Gasteiger partial charge in [0.2, 0.25) is 15.9 Å². The van der Waals surface area contributed by atoms with E-state index in [0.29, 0.717) is 13.1 Å². The van der Waals surface area contributed by atoms with E-state index in [0.717, 1.165) is 15.7 Å². The number of aryl methyl sites for hydroxylation is 2. The molecule has 1 aliphatic heterocycles. The lowest BCUT2D eigenvalue weighted by atomic mass is 10.1. The van der Waals surface area contributed by atoms with Crippen LogP contribution in [-0.4, -0.2) is 60.5 Å². The van der Waals surface area contributed by atoms with Crippen LogP contribution in [0.4, 0.5) is 0 Å². The second-order valence-corrected chi connectivity index (χ2v) is 9.58. The van der Waals surface area contributed by atoms with Gasteiger partial charge in [-0.3, -0.25) is 14.3 Å². The van der Waals surface area contributed by atoms with Gasteiger partial charge in [0.25, 0.3) is 5.91 Å². The molecule has 1 atom stereocenters. The molecular formula is C20H27N5O4S. The monoisotopic (exact) mass is 433 g/mol. The zero-order valence-corrected chi connectivity index (χ0v) is 18.2. The summed E-state index contributed by atoms with van der Waals surface area (Å²) in [6.07, 6.45) is 0. The first-order valence-corrected chi connectivity index (χ1v) is 11.3. The zero-order chi connectivity index (χ0) is 21.9. The van der Waals surface area contributed by atoms with E-state index in [1.165, 1.54) is 18.2 Å². The Kier molecular flexibility index (Phi) is 6.57. The molecule has 30 heavy (non-hydrogen) atoms. The largest absolute Gasteiger partial charge is 0.354 e. The maximum atomic E-state index is 12.8. The van der Waals surface area contributed by atoms with Crippen molar-refractivity contribution in [3.63, 3.8) is 0 Å². The van der Waals surface area contributed by atoms with E-state index < -0.39 is 10.0 Å². The summed E-state index contributed by atoms with van der Waals surface area (Å²) >= 11 is 0. The van der Waals surface area contributed by atoms with E-state index in [1.54, 1.807) is 6.07 Å². The smallest absolute Gasteiger partial charge is 0.251 e. The van der Waals surface area contributed by atoms with Crippen LogP contribution in [0.2, 0.25) is 0 Å². The molecule has 1 aromatic heterocycles. The molecule has 1 saturated heterocycles. The minimum Gasteiger partial charge on any atom is -0.354 e.